The Hall–Kier alpha value is -3.90. The maximum Gasteiger partial charge on any atom is 0.248 e. The van der Waals surface area contributed by atoms with E-state index in [2.05, 4.69) is 46.8 Å². The van der Waals surface area contributed by atoms with Gasteiger partial charge in [-0.3, -0.25) is 9.59 Å². The van der Waals surface area contributed by atoms with Crippen LogP contribution in [0.2, 0.25) is 0 Å². The van der Waals surface area contributed by atoms with E-state index in [0.717, 1.165) is 29.9 Å². The van der Waals surface area contributed by atoms with Crippen LogP contribution in [-0.4, -0.2) is 36.9 Å². The fourth-order valence-corrected chi connectivity index (χ4v) is 4.91. The van der Waals surface area contributed by atoms with Crippen molar-refractivity contribution in [3.8, 4) is 0 Å². The molecule has 0 radical (unpaired) electrons. The van der Waals surface area contributed by atoms with Gasteiger partial charge in [-0.15, -0.1) is 0 Å². The molecule has 2 fully saturated rings. The quantitative estimate of drug-likeness (QED) is 0.325. The summed E-state index contributed by atoms with van der Waals surface area (Å²) in [6.45, 7) is 1.55. The van der Waals surface area contributed by atoms with Crippen LogP contribution in [0, 0.1) is 5.92 Å². The molecule has 2 unspecified atom stereocenters. The molecule has 0 bridgehead atoms. The van der Waals surface area contributed by atoms with Gasteiger partial charge in [-0.1, -0.05) is 48.5 Å². The van der Waals surface area contributed by atoms with Gasteiger partial charge in [-0.25, -0.2) is 0 Å². The van der Waals surface area contributed by atoms with Gasteiger partial charge in [0, 0.05) is 30.8 Å². The lowest BCUT2D eigenvalue weighted by molar-refractivity contribution is -0.119. The number of nitrogens with zero attached hydrogens (tertiary/aromatic N) is 1. The standard InChI is InChI=1S/C30H32N4O2/c1-34-18-25(26(19-34)30(36)32-24-15-13-22(14-16-24)21-11-12-21)23-9-6-20(7-10-23)8-17-29(35)33-28-5-3-2-4-27(28)31/h2-10,13-17,21,25-26H,11-12,18-19,31H2,1H3,(H,32,36)(H,33,35). The van der Waals surface area contributed by atoms with Crippen LogP contribution in [0.25, 0.3) is 6.08 Å². The summed E-state index contributed by atoms with van der Waals surface area (Å²) in [4.78, 5) is 27.7. The Morgan fingerprint density at radius 2 is 1.58 bits per heavy atom. The second-order valence-corrected chi connectivity index (χ2v) is 9.90. The molecule has 1 heterocycles. The summed E-state index contributed by atoms with van der Waals surface area (Å²) in [6.07, 6.45) is 5.81. The third-order valence-corrected chi connectivity index (χ3v) is 7.08. The Morgan fingerprint density at radius 1 is 0.889 bits per heavy atom. The van der Waals surface area contributed by atoms with Gasteiger partial charge in [0.2, 0.25) is 11.8 Å². The summed E-state index contributed by atoms with van der Waals surface area (Å²) in [5.41, 5.74) is 11.3. The van der Waals surface area contributed by atoms with Crippen LogP contribution in [0.5, 0.6) is 0 Å². The Morgan fingerprint density at radius 3 is 2.28 bits per heavy atom. The maximum absolute atomic E-state index is 13.2. The smallest absolute Gasteiger partial charge is 0.248 e. The lowest BCUT2D eigenvalue weighted by Crippen LogP contribution is -2.28. The average Bonchev–Trinajstić information content (AvgIpc) is 3.66. The second-order valence-electron chi connectivity index (χ2n) is 9.90. The second kappa shape index (κ2) is 10.4. The molecule has 1 saturated heterocycles. The van der Waals surface area contributed by atoms with Crippen LogP contribution in [0.15, 0.2) is 78.9 Å². The summed E-state index contributed by atoms with van der Waals surface area (Å²) in [5.74, 6) is 0.517. The molecule has 2 amide bonds. The van der Waals surface area contributed by atoms with Crippen LogP contribution in [0.3, 0.4) is 0 Å². The number of benzene rings is 3. The first kappa shape index (κ1) is 23.8. The highest BCUT2D eigenvalue weighted by atomic mass is 16.2. The summed E-state index contributed by atoms with van der Waals surface area (Å²) in [7, 11) is 2.06. The number of likely N-dealkylation sites (tertiary alicyclic amines) is 1. The predicted octanol–water partition coefficient (Wildman–Crippen LogP) is 5.08. The van der Waals surface area contributed by atoms with Crippen molar-refractivity contribution in [1.29, 1.82) is 0 Å². The number of anilines is 3. The van der Waals surface area contributed by atoms with Crippen molar-refractivity contribution < 1.29 is 9.59 Å². The zero-order valence-electron chi connectivity index (χ0n) is 20.5. The summed E-state index contributed by atoms with van der Waals surface area (Å²) < 4.78 is 0. The monoisotopic (exact) mass is 480 g/mol. The minimum absolute atomic E-state index is 0.0596. The van der Waals surface area contributed by atoms with Crippen molar-refractivity contribution in [1.82, 2.24) is 4.90 Å². The molecule has 36 heavy (non-hydrogen) atoms. The lowest BCUT2D eigenvalue weighted by Gasteiger charge is -2.19. The van der Waals surface area contributed by atoms with E-state index in [-0.39, 0.29) is 23.7 Å². The number of carbonyl (C=O) groups is 2. The molecule has 2 aliphatic rings. The molecule has 0 spiro atoms. The van der Waals surface area contributed by atoms with Gasteiger partial charge in [0.1, 0.15) is 0 Å². The number of amides is 2. The third kappa shape index (κ3) is 5.66. The average molecular weight is 481 g/mol. The van der Waals surface area contributed by atoms with Crippen molar-refractivity contribution in [2.24, 2.45) is 5.92 Å². The number of hydrogen-bond donors (Lipinski definition) is 3. The van der Waals surface area contributed by atoms with Gasteiger partial charge in [-0.05, 0) is 72.8 Å². The first-order valence-electron chi connectivity index (χ1n) is 12.5. The largest absolute Gasteiger partial charge is 0.397 e. The van der Waals surface area contributed by atoms with E-state index >= 15 is 0 Å². The van der Waals surface area contributed by atoms with E-state index in [4.69, 9.17) is 5.73 Å². The zero-order chi connectivity index (χ0) is 25.1. The lowest BCUT2D eigenvalue weighted by atomic mass is 9.88. The molecule has 184 valence electrons. The highest BCUT2D eigenvalue weighted by Crippen LogP contribution is 2.40. The topological polar surface area (TPSA) is 87.5 Å². The van der Waals surface area contributed by atoms with Gasteiger partial charge >= 0.3 is 0 Å². The first-order chi connectivity index (χ1) is 17.5. The number of carbonyl (C=O) groups excluding carboxylic acids is 2. The molecular weight excluding hydrogens is 448 g/mol. The first-order valence-corrected chi connectivity index (χ1v) is 12.5. The van der Waals surface area contributed by atoms with E-state index in [9.17, 15) is 9.59 Å². The number of likely N-dealkylation sites (N-methyl/N-ethyl adjacent to an activating group) is 1. The number of rotatable bonds is 7. The summed E-state index contributed by atoms with van der Waals surface area (Å²) in [6, 6.07) is 23.5. The fraction of sp³-hybridized carbons (Fsp3) is 0.267. The molecule has 3 aromatic rings. The van der Waals surface area contributed by atoms with Crippen LogP contribution in [0.1, 0.15) is 41.4 Å². The minimum atomic E-state index is -0.240. The van der Waals surface area contributed by atoms with Crippen molar-refractivity contribution >= 4 is 35.0 Å². The van der Waals surface area contributed by atoms with Gasteiger partial charge in [-0.2, -0.15) is 0 Å². The molecule has 2 atom stereocenters. The van der Waals surface area contributed by atoms with E-state index in [0.29, 0.717) is 17.3 Å². The molecule has 5 rings (SSSR count). The zero-order valence-corrected chi connectivity index (χ0v) is 20.5. The van der Waals surface area contributed by atoms with Crippen LogP contribution < -0.4 is 16.4 Å². The van der Waals surface area contributed by atoms with Gasteiger partial charge in [0.15, 0.2) is 0 Å². The summed E-state index contributed by atoms with van der Waals surface area (Å²) >= 11 is 0. The van der Waals surface area contributed by atoms with Gasteiger partial charge < -0.3 is 21.3 Å². The fourth-order valence-electron chi connectivity index (χ4n) is 4.91. The van der Waals surface area contributed by atoms with Gasteiger partial charge in [0.05, 0.1) is 17.3 Å². The summed E-state index contributed by atoms with van der Waals surface area (Å²) in [5, 5.41) is 5.92. The molecule has 1 aliphatic carbocycles. The molecule has 1 aliphatic heterocycles. The van der Waals surface area contributed by atoms with Crippen LogP contribution in [0.4, 0.5) is 17.1 Å². The minimum Gasteiger partial charge on any atom is -0.397 e. The molecule has 6 heteroatoms. The van der Waals surface area contributed by atoms with E-state index in [1.807, 2.05) is 36.4 Å². The number of nitrogen functional groups attached to an aromatic ring is 1. The van der Waals surface area contributed by atoms with E-state index < -0.39 is 0 Å². The maximum atomic E-state index is 13.2. The molecule has 1 saturated carbocycles. The predicted molar refractivity (Wildman–Crippen MR) is 146 cm³/mol. The van der Waals surface area contributed by atoms with Crippen molar-refractivity contribution in [2.45, 2.75) is 24.7 Å². The number of nitrogens with one attached hydrogen (secondary N) is 2. The molecule has 4 N–H and O–H groups in total. The van der Waals surface area contributed by atoms with Crippen molar-refractivity contribution in [3.63, 3.8) is 0 Å². The number of hydrogen-bond acceptors (Lipinski definition) is 4. The van der Waals surface area contributed by atoms with Crippen molar-refractivity contribution in [3.05, 3.63) is 95.6 Å². The Kier molecular flexibility index (Phi) is 6.87. The Bertz CT molecular complexity index is 1260. The van der Waals surface area contributed by atoms with Crippen molar-refractivity contribution in [2.75, 3.05) is 36.5 Å². The SMILES string of the molecule is CN1CC(C(=O)Nc2ccc(C3CC3)cc2)C(c2ccc(C=CC(=O)Nc3ccccc3N)cc2)C1. The van der Waals surface area contributed by atoms with Crippen LogP contribution >= 0.6 is 0 Å². The molecule has 3 aromatic carbocycles. The highest BCUT2D eigenvalue weighted by Gasteiger charge is 2.37. The van der Waals surface area contributed by atoms with Gasteiger partial charge in [0.25, 0.3) is 0 Å². The third-order valence-electron chi connectivity index (χ3n) is 7.08. The van der Waals surface area contributed by atoms with Crippen LogP contribution in [-0.2, 0) is 9.59 Å². The number of para-hydroxylation sites is 2. The highest BCUT2D eigenvalue weighted by molar-refractivity contribution is 6.03. The number of nitrogens with two attached hydrogens (primary N) is 1. The molecule has 0 aromatic heterocycles. The molecular formula is C30H32N4O2. The van der Waals surface area contributed by atoms with E-state index in [1.165, 1.54) is 24.5 Å². The normalized spacial score (nSPS) is 19.9. The van der Waals surface area contributed by atoms with E-state index in [1.54, 1.807) is 18.2 Å². The Balaban J connectivity index is 1.21. The Labute approximate surface area is 212 Å². The molecule has 6 nitrogen and oxygen atoms in total.